The summed E-state index contributed by atoms with van der Waals surface area (Å²) in [5, 5.41) is 10.8. The van der Waals surface area contributed by atoms with Crippen LogP contribution < -0.4 is 24.8 Å². The molecule has 4 heteroatoms. The van der Waals surface area contributed by atoms with Crippen LogP contribution in [-0.4, -0.2) is 5.43 Å². The third-order valence-electron chi connectivity index (χ3n) is 9.84. The van der Waals surface area contributed by atoms with Crippen LogP contribution in [0.5, 0.6) is 0 Å². The van der Waals surface area contributed by atoms with Gasteiger partial charge in [-0.05, 0) is 39.1 Å². The second-order valence-electron chi connectivity index (χ2n) is 13.1. The maximum atomic E-state index is 2.36. The number of rotatable bonds is 5. The third-order valence-corrected chi connectivity index (χ3v) is 16.8. The number of halogens is 2. The first kappa shape index (κ1) is 40.5. The van der Waals surface area contributed by atoms with Crippen LogP contribution in [-0.2, 0) is 29.8 Å². The molecule has 258 valence electrons. The van der Waals surface area contributed by atoms with Crippen LogP contribution >= 0.6 is 0 Å². The van der Waals surface area contributed by atoms with E-state index in [0.717, 1.165) is 6.42 Å². The zero-order valence-corrected chi connectivity index (χ0v) is 35.5. The second kappa shape index (κ2) is 18.5. The van der Waals surface area contributed by atoms with E-state index in [-0.39, 0.29) is 30.2 Å². The molecule has 0 radical (unpaired) electrons. The number of fused-ring (bicyclic) bond motifs is 4. The van der Waals surface area contributed by atoms with E-state index >= 15 is 0 Å². The zero-order valence-electron chi connectivity index (χ0n) is 30.6. The Bertz CT molecular complexity index is 2400. The largest absolute Gasteiger partial charge is 1.00 e. The number of benzene rings is 6. The molecule has 0 unspecified atom stereocenters. The second-order valence-corrected chi connectivity index (χ2v) is 21.0. The van der Waals surface area contributed by atoms with Crippen LogP contribution in [0.1, 0.15) is 43.0 Å². The minimum absolute atomic E-state index is 0. The molecule has 0 aromatic heterocycles. The Morgan fingerprint density at radius 2 is 0.922 bits per heavy atom. The van der Waals surface area contributed by atoms with Crippen molar-refractivity contribution in [3.8, 4) is 22.3 Å². The molecule has 0 spiro atoms. The summed E-state index contributed by atoms with van der Waals surface area (Å²) < 4.78 is 0. The van der Waals surface area contributed by atoms with Gasteiger partial charge in [0, 0.05) is 0 Å². The maximum Gasteiger partial charge on any atom is -0.0114 e. The Balaban J connectivity index is 0.000000192. The predicted octanol–water partition coefficient (Wildman–Crippen LogP) is 7.82. The molecule has 8 rings (SSSR count). The van der Waals surface area contributed by atoms with E-state index in [0.29, 0.717) is 0 Å². The summed E-state index contributed by atoms with van der Waals surface area (Å²) in [6.07, 6.45) is 1.09. The first-order valence-electron chi connectivity index (χ1n) is 17.7. The van der Waals surface area contributed by atoms with E-state index in [1.165, 1.54) is 99.7 Å². The van der Waals surface area contributed by atoms with E-state index in [1.807, 2.05) is 0 Å². The summed E-state index contributed by atoms with van der Waals surface area (Å²) in [6, 6.07) is 51.7. The van der Waals surface area contributed by atoms with Crippen LogP contribution in [0.2, 0.25) is 12.1 Å². The molecule has 51 heavy (non-hydrogen) atoms. The van der Waals surface area contributed by atoms with Crippen molar-refractivity contribution in [1.29, 1.82) is 0 Å². The summed E-state index contributed by atoms with van der Waals surface area (Å²) in [7, 11) is 0. The minimum Gasteiger partial charge on any atom is -1.00 e. The topological polar surface area (TPSA) is 0 Å². The van der Waals surface area contributed by atoms with Crippen molar-refractivity contribution in [3.05, 3.63) is 156 Å². The van der Waals surface area contributed by atoms with Gasteiger partial charge < -0.3 is 24.8 Å². The van der Waals surface area contributed by atoms with Crippen molar-refractivity contribution in [2.75, 3.05) is 0 Å². The van der Waals surface area contributed by atoms with Gasteiger partial charge in [-0.2, -0.15) is 12.1 Å². The van der Waals surface area contributed by atoms with Gasteiger partial charge in [0.2, 0.25) is 0 Å². The van der Waals surface area contributed by atoms with Gasteiger partial charge in [-0.3, -0.25) is 0 Å². The molecule has 0 fully saturated rings. The fraction of sp³-hybridized carbons (Fsp3) is 0.191. The summed E-state index contributed by atoms with van der Waals surface area (Å²) in [6.45, 7) is 13.4. The summed E-state index contributed by atoms with van der Waals surface area (Å²) in [4.78, 5) is 0. The fourth-order valence-electron chi connectivity index (χ4n) is 6.94. The Kier molecular flexibility index (Phi) is 14.7. The average Bonchev–Trinajstić information content (AvgIpc) is 3.77. The van der Waals surface area contributed by atoms with Crippen LogP contribution in [0.4, 0.5) is 0 Å². The zero-order chi connectivity index (χ0) is 34.5. The molecule has 0 nitrogen and oxygen atoms in total. The summed E-state index contributed by atoms with van der Waals surface area (Å²) >= 11 is 1.80. The van der Waals surface area contributed by atoms with Gasteiger partial charge in [-0.25, -0.2) is 0 Å². The molecule has 0 aliphatic rings. The maximum absolute atomic E-state index is 2.36. The Morgan fingerprint density at radius 1 is 0.490 bits per heavy atom. The van der Waals surface area contributed by atoms with Crippen molar-refractivity contribution in [1.82, 2.24) is 0 Å². The molecular formula is C47H46Cl2SiZr-2. The molecular weight excluding hydrogens is 755 g/mol. The molecule has 0 atom stereocenters. The van der Waals surface area contributed by atoms with Crippen molar-refractivity contribution in [2.24, 2.45) is 0 Å². The SMILES string of the molecule is CC[Si](=[Zr+2])CC.CCc1cc2c(-c3cccc4ccccc34)ccc(C)c2[cH-]1.Cc1cc2c(-c3cccc4ccccc34)ccc(C)c2[cH-]1.[Cl-].[Cl-]. The molecule has 0 amide bonds. The molecule has 0 saturated heterocycles. The van der Waals surface area contributed by atoms with Crippen LogP contribution in [0.3, 0.4) is 0 Å². The van der Waals surface area contributed by atoms with Crippen LogP contribution in [0.15, 0.2) is 133 Å². The van der Waals surface area contributed by atoms with E-state index < -0.39 is 0 Å². The first-order chi connectivity index (χ1) is 23.8. The Hall–Kier alpha value is -3.26. The van der Waals surface area contributed by atoms with Crippen LogP contribution in [0, 0.1) is 20.8 Å². The van der Waals surface area contributed by atoms with Gasteiger partial charge in [-0.1, -0.05) is 136 Å². The van der Waals surface area contributed by atoms with Gasteiger partial charge in [0.15, 0.2) is 0 Å². The third kappa shape index (κ3) is 8.86. The van der Waals surface area contributed by atoms with Gasteiger partial charge in [0.05, 0.1) is 0 Å². The van der Waals surface area contributed by atoms with Gasteiger partial charge in [0.25, 0.3) is 0 Å². The van der Waals surface area contributed by atoms with Crippen molar-refractivity contribution >= 4 is 48.5 Å². The number of aryl methyl sites for hydroxylation is 4. The standard InChI is InChI=1S/C22H19.C21H17.C4H10Si.2ClH.Zr/c1-3-16-13-21-15(2)11-12-20(22(21)14-16)19-10-6-8-17-7-4-5-9-18(17)19;1-14-12-20-15(2)10-11-19(21(20)13-14)18-9-5-7-16-6-3-4-8-17(16)18;1-3-5-4-2;;;/h4-14H,3H2,1-2H3;3-13H,1-2H3;3-4H2,1-2H3;2*1H;/q2*-1;;;;+2/p-2. The number of hydrogen-bond acceptors (Lipinski definition) is 0. The average molecular weight is 801 g/mol. The van der Waals surface area contributed by atoms with Crippen LogP contribution in [0.25, 0.3) is 65.3 Å². The molecule has 0 bridgehead atoms. The first-order valence-corrected chi connectivity index (χ1v) is 23.3. The summed E-state index contributed by atoms with van der Waals surface area (Å²) in [5.74, 6) is 0. The van der Waals surface area contributed by atoms with E-state index in [9.17, 15) is 0 Å². The smallest absolute Gasteiger partial charge is 0.0114 e. The minimum atomic E-state index is 0. The normalized spacial score (nSPS) is 10.6. The molecule has 8 aromatic rings. The molecule has 0 N–H and O–H groups in total. The fourth-order valence-corrected chi connectivity index (χ4v) is 7.44. The van der Waals surface area contributed by atoms with Crippen molar-refractivity contribution in [3.63, 3.8) is 0 Å². The number of hydrogen-bond donors (Lipinski definition) is 0. The van der Waals surface area contributed by atoms with E-state index in [2.05, 4.69) is 175 Å². The molecule has 0 aliphatic heterocycles. The molecule has 0 heterocycles. The van der Waals surface area contributed by atoms with Crippen molar-refractivity contribution in [2.45, 2.75) is 60.1 Å². The molecule has 8 aromatic carbocycles. The van der Waals surface area contributed by atoms with Crippen molar-refractivity contribution < 1.29 is 48.1 Å². The quantitative estimate of drug-likeness (QED) is 0.123. The van der Waals surface area contributed by atoms with E-state index in [1.54, 1.807) is 23.3 Å². The Labute approximate surface area is 332 Å². The van der Waals surface area contributed by atoms with Gasteiger partial charge in [-0.15, -0.1) is 68.1 Å². The Morgan fingerprint density at radius 3 is 1.39 bits per heavy atom. The predicted molar refractivity (Wildman–Crippen MR) is 215 cm³/mol. The van der Waals surface area contributed by atoms with Gasteiger partial charge >= 0.3 is 54.7 Å². The van der Waals surface area contributed by atoms with Gasteiger partial charge in [0.1, 0.15) is 0 Å². The monoisotopic (exact) mass is 798 g/mol. The molecule has 0 saturated carbocycles. The van der Waals surface area contributed by atoms with E-state index in [4.69, 9.17) is 0 Å². The summed E-state index contributed by atoms with van der Waals surface area (Å²) in [5.41, 5.74) is 11.0. The molecule has 0 aliphatic carbocycles.